The molecule has 0 radical (unpaired) electrons. The van der Waals surface area contributed by atoms with E-state index in [0.717, 1.165) is 42.6 Å². The van der Waals surface area contributed by atoms with Crippen LogP contribution in [-0.2, 0) is 4.79 Å². The van der Waals surface area contributed by atoms with Gasteiger partial charge in [-0.15, -0.1) is 0 Å². The van der Waals surface area contributed by atoms with Crippen molar-refractivity contribution >= 4 is 29.1 Å². The van der Waals surface area contributed by atoms with E-state index < -0.39 is 17.2 Å². The number of aliphatic imine (C=N–C) groups is 1. The van der Waals surface area contributed by atoms with Crippen LogP contribution in [0.15, 0.2) is 53.5 Å². The Hall–Kier alpha value is -3.75. The lowest BCUT2D eigenvalue weighted by Crippen LogP contribution is -2.49. The number of hydrogen-bond acceptors (Lipinski definition) is 6. The van der Waals surface area contributed by atoms with Gasteiger partial charge in [0.2, 0.25) is 6.17 Å². The summed E-state index contributed by atoms with van der Waals surface area (Å²) in [6, 6.07) is 13.0. The molecule has 2 amide bonds. The van der Waals surface area contributed by atoms with Crippen molar-refractivity contribution in [2.24, 2.45) is 16.8 Å². The summed E-state index contributed by atoms with van der Waals surface area (Å²) in [5, 5.41) is 13.5. The third-order valence-electron chi connectivity index (χ3n) is 6.54. The second-order valence-corrected chi connectivity index (χ2v) is 9.75. The van der Waals surface area contributed by atoms with E-state index in [1.807, 2.05) is 38.1 Å². The van der Waals surface area contributed by atoms with Gasteiger partial charge in [0.15, 0.2) is 0 Å². The van der Waals surface area contributed by atoms with E-state index in [-0.39, 0.29) is 29.2 Å². The Morgan fingerprint density at radius 2 is 1.78 bits per heavy atom. The maximum atomic E-state index is 13.7. The number of nitro groups is 1. The molecule has 1 aliphatic carbocycles. The van der Waals surface area contributed by atoms with Crippen LogP contribution in [0, 0.1) is 22.0 Å². The fourth-order valence-electron chi connectivity index (χ4n) is 4.87. The number of nitrogens with zero attached hydrogens (tertiary/aromatic N) is 3. The predicted octanol–water partition coefficient (Wildman–Crippen LogP) is 5.47. The van der Waals surface area contributed by atoms with Crippen molar-refractivity contribution in [1.82, 2.24) is 5.32 Å². The first-order valence-corrected chi connectivity index (χ1v) is 12.5. The van der Waals surface area contributed by atoms with Gasteiger partial charge in [-0.05, 0) is 37.0 Å². The third-order valence-corrected chi connectivity index (χ3v) is 6.54. The number of anilines is 1. The molecule has 36 heavy (non-hydrogen) atoms. The average Bonchev–Trinajstić information content (AvgIpc) is 3.19. The quantitative estimate of drug-likeness (QED) is 0.326. The van der Waals surface area contributed by atoms with Gasteiger partial charge < -0.3 is 9.64 Å². The van der Waals surface area contributed by atoms with Crippen molar-refractivity contribution in [1.29, 1.82) is 0 Å². The molecule has 1 saturated carbocycles. The zero-order valence-corrected chi connectivity index (χ0v) is 20.7. The molecule has 1 unspecified atom stereocenters. The van der Waals surface area contributed by atoms with Gasteiger partial charge in [-0.3, -0.25) is 25.2 Å². The first kappa shape index (κ1) is 25.3. The van der Waals surface area contributed by atoms with E-state index in [4.69, 9.17) is 9.73 Å². The van der Waals surface area contributed by atoms with E-state index >= 15 is 0 Å². The predicted molar refractivity (Wildman–Crippen MR) is 137 cm³/mol. The lowest BCUT2D eigenvalue weighted by Gasteiger charge is -2.27. The van der Waals surface area contributed by atoms with Gasteiger partial charge in [0.1, 0.15) is 5.75 Å². The van der Waals surface area contributed by atoms with Crippen molar-refractivity contribution in [3.63, 3.8) is 0 Å². The van der Waals surface area contributed by atoms with Gasteiger partial charge in [-0.2, -0.15) is 0 Å². The molecule has 9 heteroatoms. The summed E-state index contributed by atoms with van der Waals surface area (Å²) >= 11 is 0. The molecule has 190 valence electrons. The van der Waals surface area contributed by atoms with E-state index in [9.17, 15) is 19.7 Å². The molecule has 2 aliphatic rings. The zero-order valence-electron chi connectivity index (χ0n) is 20.7. The number of ether oxygens (including phenoxy) is 1. The number of nitro benzene ring substituents is 1. The SMILES string of the molecule is CC(C)CN1C(=O)C(NC(=O)Oc2ccc([N+](=O)[O-])cc2)N=C(C2CCCCCC2)c2ccccc21. The third kappa shape index (κ3) is 5.90. The Labute approximate surface area is 210 Å². The normalized spacial score (nSPS) is 18.6. The number of rotatable bonds is 6. The highest BCUT2D eigenvalue weighted by Crippen LogP contribution is 2.33. The number of carbonyl (C=O) groups excluding carboxylic acids is 2. The minimum atomic E-state index is -1.14. The number of carbonyl (C=O) groups is 2. The van der Waals surface area contributed by atoms with Crippen LogP contribution in [0.5, 0.6) is 5.75 Å². The van der Waals surface area contributed by atoms with Crippen molar-refractivity contribution < 1.29 is 19.2 Å². The highest BCUT2D eigenvalue weighted by Gasteiger charge is 2.35. The largest absolute Gasteiger partial charge is 0.414 e. The van der Waals surface area contributed by atoms with Gasteiger partial charge in [-0.25, -0.2) is 4.79 Å². The van der Waals surface area contributed by atoms with Gasteiger partial charge in [-0.1, -0.05) is 57.7 Å². The maximum Gasteiger partial charge on any atom is 0.414 e. The van der Waals surface area contributed by atoms with Gasteiger partial charge in [0.25, 0.3) is 11.6 Å². The summed E-state index contributed by atoms with van der Waals surface area (Å²) in [6.45, 7) is 4.57. The lowest BCUT2D eigenvalue weighted by atomic mass is 9.89. The summed E-state index contributed by atoms with van der Waals surface area (Å²) in [4.78, 5) is 43.4. The molecule has 1 N–H and O–H groups in total. The van der Waals surface area contributed by atoms with Crippen LogP contribution in [0.1, 0.15) is 57.9 Å². The average molecular weight is 493 g/mol. The molecule has 1 fully saturated rings. The standard InChI is InChI=1S/C27H32N4O5/c1-18(2)17-30-23-12-8-7-11-22(23)24(19-9-5-3-4-6-10-19)28-25(26(30)32)29-27(33)36-21-15-13-20(14-16-21)31(34)35/h7-8,11-16,18-19,25H,3-6,9-10,17H2,1-2H3,(H,29,33). The highest BCUT2D eigenvalue weighted by molar-refractivity contribution is 6.14. The number of amides is 2. The Morgan fingerprint density at radius 3 is 2.42 bits per heavy atom. The smallest absolute Gasteiger partial charge is 0.410 e. The number of fused-ring (bicyclic) bond motifs is 1. The molecule has 1 aliphatic heterocycles. The number of para-hydroxylation sites is 1. The van der Waals surface area contributed by atoms with Crippen LogP contribution >= 0.6 is 0 Å². The van der Waals surface area contributed by atoms with E-state index in [1.165, 1.54) is 37.1 Å². The van der Waals surface area contributed by atoms with Crippen molar-refractivity contribution in [3.8, 4) is 5.75 Å². The first-order valence-electron chi connectivity index (χ1n) is 12.5. The maximum absolute atomic E-state index is 13.7. The Morgan fingerprint density at radius 1 is 1.11 bits per heavy atom. The lowest BCUT2D eigenvalue weighted by molar-refractivity contribution is -0.384. The first-order chi connectivity index (χ1) is 17.3. The fourth-order valence-corrected chi connectivity index (χ4v) is 4.87. The number of nitrogens with one attached hydrogen (secondary N) is 1. The molecule has 0 saturated heterocycles. The molecule has 0 bridgehead atoms. The monoisotopic (exact) mass is 492 g/mol. The molecular formula is C27H32N4O5. The fraction of sp³-hybridized carbons (Fsp3) is 0.444. The van der Waals surface area contributed by atoms with Crippen LogP contribution in [0.4, 0.5) is 16.2 Å². The highest BCUT2D eigenvalue weighted by atomic mass is 16.6. The van der Waals surface area contributed by atoms with Crippen molar-refractivity contribution in [2.75, 3.05) is 11.4 Å². The molecule has 4 rings (SSSR count). The van der Waals surface area contributed by atoms with Gasteiger partial charge in [0.05, 0.1) is 16.3 Å². The second-order valence-electron chi connectivity index (χ2n) is 9.75. The molecule has 1 atom stereocenters. The minimum absolute atomic E-state index is 0.110. The van der Waals surface area contributed by atoms with Crippen LogP contribution in [0.3, 0.4) is 0 Å². The molecule has 0 spiro atoms. The number of benzodiazepines with no additional fused rings is 1. The summed E-state index contributed by atoms with van der Waals surface area (Å²) in [7, 11) is 0. The number of non-ortho nitro benzene ring substituents is 1. The van der Waals surface area contributed by atoms with Crippen LogP contribution in [-0.4, -0.2) is 35.3 Å². The summed E-state index contributed by atoms with van der Waals surface area (Å²) in [5.74, 6) is 0.222. The van der Waals surface area contributed by atoms with Crippen molar-refractivity contribution in [2.45, 2.75) is 58.5 Å². The Kier molecular flexibility index (Phi) is 7.97. The van der Waals surface area contributed by atoms with Crippen LogP contribution < -0.4 is 15.0 Å². The van der Waals surface area contributed by atoms with E-state index in [0.29, 0.717) is 6.54 Å². The molecule has 2 aromatic rings. The van der Waals surface area contributed by atoms with Crippen molar-refractivity contribution in [3.05, 3.63) is 64.2 Å². The van der Waals surface area contributed by atoms with Crippen LogP contribution in [0.25, 0.3) is 0 Å². The zero-order chi connectivity index (χ0) is 25.7. The van der Waals surface area contributed by atoms with Gasteiger partial charge in [0, 0.05) is 30.2 Å². The van der Waals surface area contributed by atoms with Gasteiger partial charge >= 0.3 is 6.09 Å². The van der Waals surface area contributed by atoms with E-state index in [2.05, 4.69) is 5.32 Å². The number of benzene rings is 2. The molecule has 2 aromatic carbocycles. The van der Waals surface area contributed by atoms with E-state index in [1.54, 1.807) is 4.90 Å². The molecule has 0 aromatic heterocycles. The number of hydrogen-bond donors (Lipinski definition) is 1. The Bertz CT molecular complexity index is 1140. The van der Waals surface area contributed by atoms with Crippen LogP contribution in [0.2, 0.25) is 0 Å². The second kappa shape index (κ2) is 11.3. The molecule has 9 nitrogen and oxygen atoms in total. The molecule has 1 heterocycles. The topological polar surface area (TPSA) is 114 Å². The molecular weight excluding hydrogens is 460 g/mol. The summed E-state index contributed by atoms with van der Waals surface area (Å²) < 4.78 is 5.32. The summed E-state index contributed by atoms with van der Waals surface area (Å²) in [5.41, 5.74) is 2.49. The Balaban J connectivity index is 1.65. The minimum Gasteiger partial charge on any atom is -0.410 e. The summed E-state index contributed by atoms with van der Waals surface area (Å²) in [6.07, 6.45) is 4.59.